The highest BCUT2D eigenvalue weighted by atomic mass is 32.2. The van der Waals surface area contributed by atoms with E-state index in [9.17, 15) is 22.0 Å². The van der Waals surface area contributed by atoms with E-state index in [0.717, 1.165) is 54.4 Å². The molecule has 0 heterocycles. The molecule has 1 aliphatic carbocycles. The van der Waals surface area contributed by atoms with Gasteiger partial charge in [0.1, 0.15) is 6.04 Å². The van der Waals surface area contributed by atoms with Crippen LogP contribution in [0.1, 0.15) is 39.0 Å². The lowest BCUT2D eigenvalue weighted by atomic mass is 9.97. The number of carbonyl (C=O) groups excluding carboxylic acids is 1. The maximum atomic E-state index is 13.5. The highest BCUT2D eigenvalue weighted by Crippen LogP contribution is 2.23. The van der Waals surface area contributed by atoms with E-state index in [0.29, 0.717) is 6.54 Å². The number of hydrogen-bond donors (Lipinski definition) is 1. The quantitative estimate of drug-likeness (QED) is 0.732. The Balaban J connectivity index is 2.08. The summed E-state index contributed by atoms with van der Waals surface area (Å²) in [7, 11) is -3.87. The van der Waals surface area contributed by atoms with Crippen molar-refractivity contribution in [3.8, 4) is 0 Å². The van der Waals surface area contributed by atoms with E-state index in [1.807, 2.05) is 0 Å². The number of sulfonamides is 1. The number of halogens is 2. The molecule has 5 nitrogen and oxygen atoms in total. The zero-order chi connectivity index (χ0) is 19.3. The Bertz CT molecular complexity index is 794. The van der Waals surface area contributed by atoms with Crippen LogP contribution in [-0.4, -0.2) is 33.2 Å². The molecule has 0 radical (unpaired) electrons. The van der Waals surface area contributed by atoms with Gasteiger partial charge in [-0.3, -0.25) is 9.10 Å². The van der Waals surface area contributed by atoms with Crippen LogP contribution in [0.5, 0.6) is 0 Å². The van der Waals surface area contributed by atoms with Crippen LogP contribution < -0.4 is 9.62 Å². The summed E-state index contributed by atoms with van der Waals surface area (Å²) in [5, 5.41) is 2.72. The molecule has 0 fully saturated rings. The van der Waals surface area contributed by atoms with E-state index < -0.39 is 33.6 Å². The van der Waals surface area contributed by atoms with E-state index in [1.54, 1.807) is 0 Å². The van der Waals surface area contributed by atoms with Crippen molar-refractivity contribution in [2.75, 3.05) is 17.1 Å². The van der Waals surface area contributed by atoms with Gasteiger partial charge in [0, 0.05) is 12.6 Å². The fourth-order valence-electron chi connectivity index (χ4n) is 3.06. The molecule has 1 atom stereocenters. The Morgan fingerprint density at radius 1 is 1.27 bits per heavy atom. The van der Waals surface area contributed by atoms with Crippen molar-refractivity contribution in [2.24, 2.45) is 0 Å². The second-order valence-electron chi connectivity index (χ2n) is 6.48. The van der Waals surface area contributed by atoms with Crippen LogP contribution in [0, 0.1) is 11.6 Å². The van der Waals surface area contributed by atoms with Gasteiger partial charge in [-0.1, -0.05) is 11.6 Å². The molecule has 0 spiro atoms. The fraction of sp³-hybridized carbons (Fsp3) is 0.500. The smallest absolute Gasteiger partial charge is 0.243 e. The lowest BCUT2D eigenvalue weighted by Gasteiger charge is -2.28. The van der Waals surface area contributed by atoms with Gasteiger partial charge in [0.15, 0.2) is 11.6 Å². The Morgan fingerprint density at radius 3 is 2.58 bits per heavy atom. The van der Waals surface area contributed by atoms with Gasteiger partial charge in [0.25, 0.3) is 0 Å². The molecule has 1 aromatic rings. The molecule has 1 amide bonds. The minimum atomic E-state index is -3.87. The Hall–Kier alpha value is -1.96. The van der Waals surface area contributed by atoms with Gasteiger partial charge in [0.05, 0.1) is 11.9 Å². The molecule has 0 aliphatic heterocycles. The van der Waals surface area contributed by atoms with Gasteiger partial charge in [-0.05, 0) is 51.2 Å². The first-order chi connectivity index (χ1) is 12.2. The van der Waals surface area contributed by atoms with Gasteiger partial charge >= 0.3 is 0 Å². The summed E-state index contributed by atoms with van der Waals surface area (Å²) < 4.78 is 51.7. The number of rotatable bonds is 7. The number of carbonyl (C=O) groups is 1. The van der Waals surface area contributed by atoms with Gasteiger partial charge < -0.3 is 5.32 Å². The number of benzene rings is 1. The van der Waals surface area contributed by atoms with Crippen molar-refractivity contribution in [1.82, 2.24) is 5.32 Å². The molecule has 0 bridgehead atoms. The maximum absolute atomic E-state index is 13.5. The van der Waals surface area contributed by atoms with Gasteiger partial charge in [-0.2, -0.15) is 0 Å². The Kier molecular flexibility index (Phi) is 6.75. The first-order valence-electron chi connectivity index (χ1n) is 8.60. The third-order valence-corrected chi connectivity index (χ3v) is 5.62. The van der Waals surface area contributed by atoms with Gasteiger partial charge in [0.2, 0.25) is 15.9 Å². The fourth-order valence-corrected chi connectivity index (χ4v) is 4.22. The summed E-state index contributed by atoms with van der Waals surface area (Å²) in [6.45, 7) is 1.82. The highest BCUT2D eigenvalue weighted by molar-refractivity contribution is 7.92. The van der Waals surface area contributed by atoms with Crippen LogP contribution in [-0.2, 0) is 14.8 Å². The second kappa shape index (κ2) is 8.62. The number of amides is 1. The summed E-state index contributed by atoms with van der Waals surface area (Å²) in [4.78, 5) is 12.4. The molecule has 0 saturated carbocycles. The summed E-state index contributed by atoms with van der Waals surface area (Å²) in [6.07, 6.45) is 8.24. The van der Waals surface area contributed by atoms with E-state index in [1.165, 1.54) is 18.9 Å². The lowest BCUT2D eigenvalue weighted by molar-refractivity contribution is -0.121. The Morgan fingerprint density at radius 2 is 2.00 bits per heavy atom. The largest absolute Gasteiger partial charge is 0.354 e. The maximum Gasteiger partial charge on any atom is 0.243 e. The average Bonchev–Trinajstić information content (AvgIpc) is 2.58. The summed E-state index contributed by atoms with van der Waals surface area (Å²) >= 11 is 0. The van der Waals surface area contributed by atoms with Crippen LogP contribution in [0.3, 0.4) is 0 Å². The zero-order valence-electron chi connectivity index (χ0n) is 15.0. The van der Waals surface area contributed by atoms with Crippen molar-refractivity contribution in [1.29, 1.82) is 0 Å². The number of nitrogens with zero attached hydrogens (tertiary/aromatic N) is 1. The molecule has 0 aromatic heterocycles. The van der Waals surface area contributed by atoms with Crippen LogP contribution >= 0.6 is 0 Å². The third kappa shape index (κ3) is 5.27. The molecule has 1 aliphatic rings. The minimum Gasteiger partial charge on any atom is -0.354 e. The molecule has 0 unspecified atom stereocenters. The molecule has 1 aromatic carbocycles. The van der Waals surface area contributed by atoms with Crippen molar-refractivity contribution in [3.63, 3.8) is 0 Å². The molecular weight excluding hydrogens is 362 g/mol. The summed E-state index contributed by atoms with van der Waals surface area (Å²) in [6, 6.07) is 1.65. The summed E-state index contributed by atoms with van der Waals surface area (Å²) in [5.74, 6) is -2.75. The average molecular weight is 386 g/mol. The van der Waals surface area contributed by atoms with E-state index >= 15 is 0 Å². The predicted octanol–water partition coefficient (Wildman–Crippen LogP) is 3.13. The highest BCUT2D eigenvalue weighted by Gasteiger charge is 2.29. The SMILES string of the molecule is C[C@@H](C(=O)NCCC1=CCCCC1)N(c1ccc(F)c(F)c1)S(C)(=O)=O. The van der Waals surface area contributed by atoms with Crippen LogP contribution in [0.2, 0.25) is 0 Å². The zero-order valence-corrected chi connectivity index (χ0v) is 15.8. The van der Waals surface area contributed by atoms with Gasteiger partial charge in [-0.15, -0.1) is 0 Å². The van der Waals surface area contributed by atoms with E-state index in [-0.39, 0.29) is 5.69 Å². The number of nitrogens with one attached hydrogen (secondary N) is 1. The second-order valence-corrected chi connectivity index (χ2v) is 8.34. The van der Waals surface area contributed by atoms with E-state index in [4.69, 9.17) is 0 Å². The summed E-state index contributed by atoms with van der Waals surface area (Å²) in [5.41, 5.74) is 1.20. The van der Waals surface area contributed by atoms with Crippen molar-refractivity contribution in [3.05, 3.63) is 41.5 Å². The van der Waals surface area contributed by atoms with Gasteiger partial charge in [-0.25, -0.2) is 17.2 Å². The molecule has 1 N–H and O–H groups in total. The predicted molar refractivity (Wildman–Crippen MR) is 97.3 cm³/mol. The van der Waals surface area contributed by atoms with E-state index in [2.05, 4.69) is 11.4 Å². The van der Waals surface area contributed by atoms with Crippen LogP contribution in [0.4, 0.5) is 14.5 Å². The third-order valence-electron chi connectivity index (χ3n) is 4.38. The molecule has 0 saturated heterocycles. The molecule has 2 rings (SSSR count). The normalized spacial score (nSPS) is 15.9. The molecule has 144 valence electrons. The standard InChI is InChI=1S/C18H24F2N2O3S/c1-13(18(23)21-11-10-14-6-4-3-5-7-14)22(26(2,24)25)15-8-9-16(19)17(20)12-15/h6,8-9,12-13H,3-5,7,10-11H2,1-2H3,(H,21,23)/t13-/m0/s1. The van der Waals surface area contributed by atoms with Crippen molar-refractivity contribution in [2.45, 2.75) is 45.1 Å². The number of hydrogen-bond acceptors (Lipinski definition) is 3. The van der Waals surface area contributed by atoms with Crippen LogP contribution in [0.15, 0.2) is 29.8 Å². The molecule has 8 heteroatoms. The Labute approximate surface area is 153 Å². The molecular formula is C18H24F2N2O3S. The number of allylic oxidation sites excluding steroid dienone is 1. The first-order valence-corrected chi connectivity index (χ1v) is 10.4. The van der Waals surface area contributed by atoms with Crippen molar-refractivity contribution >= 4 is 21.6 Å². The molecule has 26 heavy (non-hydrogen) atoms. The number of anilines is 1. The first kappa shape index (κ1) is 20.4. The van der Waals surface area contributed by atoms with Crippen LogP contribution in [0.25, 0.3) is 0 Å². The topological polar surface area (TPSA) is 66.5 Å². The minimum absolute atomic E-state index is 0.0935. The monoisotopic (exact) mass is 386 g/mol. The van der Waals surface area contributed by atoms with Crippen molar-refractivity contribution < 1.29 is 22.0 Å². The lowest BCUT2D eigenvalue weighted by Crippen LogP contribution is -2.48.